The molecule has 1 aromatic heterocycles. The summed E-state index contributed by atoms with van der Waals surface area (Å²) in [4.78, 5) is 28.2. The topological polar surface area (TPSA) is 65.8 Å². The first-order valence-corrected chi connectivity index (χ1v) is 10.3. The molecule has 5 rings (SSSR count). The summed E-state index contributed by atoms with van der Waals surface area (Å²) in [6, 6.07) is 9.29. The van der Waals surface area contributed by atoms with Crippen molar-refractivity contribution in [2.45, 2.75) is 18.9 Å². The van der Waals surface area contributed by atoms with Gasteiger partial charge in [0, 0.05) is 49.5 Å². The van der Waals surface area contributed by atoms with Gasteiger partial charge in [-0.2, -0.15) is 0 Å². The second-order valence-electron chi connectivity index (χ2n) is 8.09. The van der Waals surface area contributed by atoms with Crippen LogP contribution in [0.5, 0.6) is 0 Å². The first-order chi connectivity index (χ1) is 14.9. The summed E-state index contributed by atoms with van der Waals surface area (Å²) in [5.74, 6) is -2.12. The van der Waals surface area contributed by atoms with Crippen molar-refractivity contribution in [3.8, 4) is 0 Å². The molecule has 160 valence electrons. The van der Waals surface area contributed by atoms with Crippen LogP contribution < -0.4 is 15.2 Å². The maximum Gasteiger partial charge on any atom is 0.341 e. The van der Waals surface area contributed by atoms with Crippen LogP contribution in [0, 0.1) is 11.6 Å². The van der Waals surface area contributed by atoms with E-state index in [4.69, 9.17) is 0 Å². The van der Waals surface area contributed by atoms with Crippen LogP contribution in [0.4, 0.5) is 20.2 Å². The van der Waals surface area contributed by atoms with Crippen molar-refractivity contribution in [3.63, 3.8) is 0 Å². The molecule has 0 atom stereocenters. The summed E-state index contributed by atoms with van der Waals surface area (Å²) in [6.07, 6.45) is 3.19. The number of pyridine rings is 1. The highest BCUT2D eigenvalue weighted by Gasteiger charge is 2.28. The van der Waals surface area contributed by atoms with Crippen LogP contribution >= 0.6 is 0 Å². The van der Waals surface area contributed by atoms with E-state index in [1.54, 1.807) is 22.8 Å². The van der Waals surface area contributed by atoms with Crippen molar-refractivity contribution in [1.29, 1.82) is 0 Å². The Bertz CT molecular complexity index is 1230. The molecule has 2 fully saturated rings. The highest BCUT2D eigenvalue weighted by Crippen LogP contribution is 2.38. The lowest BCUT2D eigenvalue weighted by molar-refractivity contribution is 0.0695. The number of anilines is 2. The number of hydrogen-bond acceptors (Lipinski definition) is 4. The number of halogens is 2. The van der Waals surface area contributed by atoms with E-state index in [1.807, 2.05) is 4.90 Å². The van der Waals surface area contributed by atoms with E-state index in [-0.39, 0.29) is 22.8 Å². The average Bonchev–Trinajstić information content (AvgIpc) is 3.60. The summed E-state index contributed by atoms with van der Waals surface area (Å²) in [5.41, 5.74) is 0.896. The van der Waals surface area contributed by atoms with Gasteiger partial charge >= 0.3 is 5.97 Å². The molecular formula is C23H21F2N3O3. The van der Waals surface area contributed by atoms with Crippen LogP contribution in [0.15, 0.2) is 47.4 Å². The first kappa shape index (κ1) is 19.5. The highest BCUT2D eigenvalue weighted by atomic mass is 19.1. The van der Waals surface area contributed by atoms with Gasteiger partial charge in [0.05, 0.1) is 11.2 Å². The molecule has 0 unspecified atom stereocenters. The number of carboxylic acids is 1. The summed E-state index contributed by atoms with van der Waals surface area (Å²) < 4.78 is 30.0. The number of fused-ring (bicyclic) bond motifs is 1. The number of aromatic nitrogens is 1. The van der Waals surface area contributed by atoms with Crippen LogP contribution in [0.25, 0.3) is 10.9 Å². The Labute approximate surface area is 176 Å². The van der Waals surface area contributed by atoms with Crippen molar-refractivity contribution in [1.82, 2.24) is 4.57 Å². The fourth-order valence-electron chi connectivity index (χ4n) is 4.27. The van der Waals surface area contributed by atoms with Gasteiger partial charge in [-0.3, -0.25) is 4.79 Å². The van der Waals surface area contributed by atoms with E-state index in [0.29, 0.717) is 37.4 Å². The van der Waals surface area contributed by atoms with Crippen LogP contribution in [-0.4, -0.2) is 41.8 Å². The van der Waals surface area contributed by atoms with Crippen LogP contribution in [-0.2, 0) is 0 Å². The van der Waals surface area contributed by atoms with Gasteiger partial charge in [-0.05, 0) is 49.2 Å². The first-order valence-electron chi connectivity index (χ1n) is 10.3. The van der Waals surface area contributed by atoms with E-state index >= 15 is 4.39 Å². The minimum atomic E-state index is -1.30. The fraction of sp³-hybridized carbons (Fsp3) is 0.304. The molecule has 1 aliphatic carbocycles. The van der Waals surface area contributed by atoms with Crippen LogP contribution in [0.1, 0.15) is 29.2 Å². The number of carboxylic acid groups (broad SMARTS) is 1. The van der Waals surface area contributed by atoms with Gasteiger partial charge < -0.3 is 19.5 Å². The smallest absolute Gasteiger partial charge is 0.341 e. The summed E-state index contributed by atoms with van der Waals surface area (Å²) in [6.45, 7) is 2.44. The molecule has 8 heteroatoms. The Kier molecular flexibility index (Phi) is 4.64. The summed E-state index contributed by atoms with van der Waals surface area (Å²) in [7, 11) is 0. The van der Waals surface area contributed by atoms with Gasteiger partial charge in [-0.25, -0.2) is 13.6 Å². The Morgan fingerprint density at radius 3 is 2.23 bits per heavy atom. The number of carbonyl (C=O) groups is 1. The van der Waals surface area contributed by atoms with Gasteiger partial charge in [-0.15, -0.1) is 0 Å². The minimum absolute atomic E-state index is 0.0954. The molecule has 0 amide bonds. The molecule has 0 bridgehead atoms. The number of aromatic carboxylic acids is 1. The van der Waals surface area contributed by atoms with Crippen LogP contribution in [0.3, 0.4) is 0 Å². The molecule has 2 aliphatic rings. The zero-order valence-electron chi connectivity index (χ0n) is 16.7. The quantitative estimate of drug-likeness (QED) is 0.692. The molecule has 6 nitrogen and oxygen atoms in total. The van der Waals surface area contributed by atoms with Crippen molar-refractivity contribution < 1.29 is 18.7 Å². The Hall–Kier alpha value is -3.42. The Morgan fingerprint density at radius 2 is 1.61 bits per heavy atom. The third-order valence-corrected chi connectivity index (χ3v) is 6.08. The molecular weight excluding hydrogens is 404 g/mol. The standard InChI is InChI=1S/C23H21F2N3O3/c24-14-1-3-15(4-2-14)26-7-9-27(10-8-26)21-12-20-17(11-19(21)25)22(29)18(23(30)31)13-28(20)16-5-6-16/h1-4,11-13,16H,5-10H2,(H,30,31). The molecule has 1 aliphatic heterocycles. The molecule has 0 radical (unpaired) electrons. The predicted octanol–water partition coefficient (Wildman–Crippen LogP) is 3.64. The number of hydrogen-bond donors (Lipinski definition) is 1. The van der Waals surface area contributed by atoms with E-state index in [9.17, 15) is 19.1 Å². The van der Waals surface area contributed by atoms with Gasteiger partial charge in [0.2, 0.25) is 5.43 Å². The SMILES string of the molecule is O=C(O)c1cn(C2CC2)c2cc(N3CCN(c4ccc(F)cc4)CC3)c(F)cc2c1=O. The van der Waals surface area contributed by atoms with Gasteiger partial charge in [0.15, 0.2) is 0 Å². The number of rotatable bonds is 4. The molecule has 1 N–H and O–H groups in total. The lowest BCUT2D eigenvalue weighted by Gasteiger charge is -2.37. The molecule has 1 saturated heterocycles. The molecule has 0 spiro atoms. The maximum absolute atomic E-state index is 15.0. The lowest BCUT2D eigenvalue weighted by Crippen LogP contribution is -2.46. The second-order valence-corrected chi connectivity index (χ2v) is 8.09. The lowest BCUT2D eigenvalue weighted by atomic mass is 10.1. The minimum Gasteiger partial charge on any atom is -0.477 e. The maximum atomic E-state index is 15.0. The molecule has 3 aromatic rings. The predicted molar refractivity (Wildman–Crippen MR) is 114 cm³/mol. The van der Waals surface area contributed by atoms with Gasteiger partial charge in [-0.1, -0.05) is 0 Å². The molecule has 2 aromatic carbocycles. The van der Waals surface area contributed by atoms with E-state index in [1.165, 1.54) is 24.4 Å². The van der Waals surface area contributed by atoms with Gasteiger partial charge in [0.25, 0.3) is 0 Å². The third-order valence-electron chi connectivity index (χ3n) is 6.08. The Balaban J connectivity index is 1.48. The largest absolute Gasteiger partial charge is 0.477 e. The summed E-state index contributed by atoms with van der Waals surface area (Å²) in [5, 5.41) is 9.47. The monoisotopic (exact) mass is 425 g/mol. The molecule has 1 saturated carbocycles. The van der Waals surface area contributed by atoms with E-state index < -0.39 is 17.2 Å². The highest BCUT2D eigenvalue weighted by molar-refractivity contribution is 5.93. The zero-order chi connectivity index (χ0) is 21.7. The number of piperazine rings is 1. The van der Waals surface area contributed by atoms with Crippen molar-refractivity contribution in [2.24, 2.45) is 0 Å². The van der Waals surface area contributed by atoms with Crippen molar-refractivity contribution in [3.05, 3.63) is 70.0 Å². The zero-order valence-corrected chi connectivity index (χ0v) is 16.7. The van der Waals surface area contributed by atoms with E-state index in [2.05, 4.69) is 4.90 Å². The molecule has 2 heterocycles. The van der Waals surface area contributed by atoms with Crippen LogP contribution in [0.2, 0.25) is 0 Å². The summed E-state index contributed by atoms with van der Waals surface area (Å²) >= 11 is 0. The van der Waals surface area contributed by atoms with E-state index in [0.717, 1.165) is 18.5 Å². The van der Waals surface area contributed by atoms with Crippen molar-refractivity contribution >= 4 is 28.2 Å². The van der Waals surface area contributed by atoms with Crippen molar-refractivity contribution in [2.75, 3.05) is 36.0 Å². The second kappa shape index (κ2) is 7.37. The number of benzene rings is 2. The van der Waals surface area contributed by atoms with Gasteiger partial charge in [0.1, 0.15) is 17.2 Å². The number of nitrogens with zero attached hydrogens (tertiary/aromatic N) is 3. The Morgan fingerprint density at radius 1 is 0.968 bits per heavy atom. The third kappa shape index (κ3) is 3.52. The fourth-order valence-corrected chi connectivity index (χ4v) is 4.27. The normalized spacial score (nSPS) is 16.7. The average molecular weight is 425 g/mol. The molecule has 31 heavy (non-hydrogen) atoms.